The predicted molar refractivity (Wildman–Crippen MR) is 113 cm³/mol. The average Bonchev–Trinajstić information content (AvgIpc) is 3.07. The standard InChI is InChI=1S/C20H22ClN5O3/c1-6-14-18(20(28)22-11(2)25(3)4)19-23-15(10-17(27)26(19)24-14)12-7-8-13(21)16(9-12)29-5/h7-10,23H,6H2,1-5H3/b22-11+. The van der Waals surface area contributed by atoms with Gasteiger partial charge in [0, 0.05) is 25.7 Å². The van der Waals surface area contributed by atoms with Crippen LogP contribution in [0.5, 0.6) is 5.75 Å². The summed E-state index contributed by atoms with van der Waals surface area (Å²) in [6.45, 7) is 3.61. The van der Waals surface area contributed by atoms with Crippen molar-refractivity contribution in [1.82, 2.24) is 19.5 Å². The van der Waals surface area contributed by atoms with Crippen LogP contribution in [0.25, 0.3) is 16.9 Å². The average molecular weight is 416 g/mol. The molecule has 0 aliphatic carbocycles. The molecule has 1 amide bonds. The van der Waals surface area contributed by atoms with Crippen molar-refractivity contribution >= 4 is 29.0 Å². The van der Waals surface area contributed by atoms with E-state index in [2.05, 4.69) is 15.1 Å². The number of carbonyl (C=O) groups is 1. The number of aromatic nitrogens is 3. The summed E-state index contributed by atoms with van der Waals surface area (Å²) in [6, 6.07) is 6.59. The van der Waals surface area contributed by atoms with Crippen molar-refractivity contribution in [3.05, 3.63) is 50.9 Å². The Hall–Kier alpha value is -3.13. The second-order valence-electron chi connectivity index (χ2n) is 6.66. The lowest BCUT2D eigenvalue weighted by Gasteiger charge is -2.10. The first-order chi connectivity index (χ1) is 13.8. The Bertz CT molecular complexity index is 1180. The summed E-state index contributed by atoms with van der Waals surface area (Å²) in [7, 11) is 5.12. The summed E-state index contributed by atoms with van der Waals surface area (Å²) in [5.41, 5.74) is 1.94. The van der Waals surface area contributed by atoms with Crippen molar-refractivity contribution in [1.29, 1.82) is 0 Å². The number of amidine groups is 1. The molecule has 9 heteroatoms. The molecule has 0 radical (unpaired) electrons. The van der Waals surface area contributed by atoms with E-state index in [4.69, 9.17) is 16.3 Å². The zero-order valence-electron chi connectivity index (χ0n) is 16.9. The molecule has 0 fully saturated rings. The number of methoxy groups -OCH3 is 1. The van der Waals surface area contributed by atoms with E-state index in [0.717, 1.165) is 0 Å². The molecule has 152 valence electrons. The van der Waals surface area contributed by atoms with Gasteiger partial charge in [0.1, 0.15) is 17.1 Å². The lowest BCUT2D eigenvalue weighted by Crippen LogP contribution is -2.20. The van der Waals surface area contributed by atoms with Gasteiger partial charge in [-0.05, 0) is 25.5 Å². The molecule has 0 spiro atoms. The van der Waals surface area contributed by atoms with E-state index in [0.29, 0.717) is 45.6 Å². The number of rotatable bonds is 4. The molecule has 3 rings (SSSR count). The number of benzene rings is 1. The fourth-order valence-electron chi connectivity index (χ4n) is 2.84. The van der Waals surface area contributed by atoms with Gasteiger partial charge in [-0.1, -0.05) is 24.6 Å². The van der Waals surface area contributed by atoms with Gasteiger partial charge in [0.25, 0.3) is 11.5 Å². The highest BCUT2D eigenvalue weighted by molar-refractivity contribution is 6.32. The number of carbonyl (C=O) groups excluding carboxylic acids is 1. The number of ether oxygens (including phenoxy) is 1. The molecule has 0 aliphatic rings. The molecule has 0 aliphatic heterocycles. The third-order valence-electron chi connectivity index (χ3n) is 4.61. The minimum Gasteiger partial charge on any atom is -0.495 e. The fraction of sp³-hybridized carbons (Fsp3) is 0.300. The summed E-state index contributed by atoms with van der Waals surface area (Å²) in [4.78, 5) is 34.6. The first-order valence-electron chi connectivity index (χ1n) is 9.02. The van der Waals surface area contributed by atoms with Crippen LogP contribution in [0.4, 0.5) is 0 Å². The molecule has 29 heavy (non-hydrogen) atoms. The molecule has 0 saturated heterocycles. The number of halogens is 1. The maximum Gasteiger partial charge on any atom is 0.284 e. The van der Waals surface area contributed by atoms with Gasteiger partial charge in [0.15, 0.2) is 5.65 Å². The highest BCUT2D eigenvalue weighted by Crippen LogP contribution is 2.29. The monoisotopic (exact) mass is 415 g/mol. The molecule has 2 aromatic heterocycles. The van der Waals surface area contributed by atoms with E-state index in [1.165, 1.54) is 17.7 Å². The van der Waals surface area contributed by atoms with Gasteiger partial charge in [-0.15, -0.1) is 0 Å². The SMILES string of the molecule is CCc1nn2c(=O)cc(-c3ccc(Cl)c(OC)c3)[nH]c2c1C(=O)/N=C(\C)N(C)C. The maximum absolute atomic E-state index is 12.9. The number of aromatic amines is 1. The lowest BCUT2D eigenvalue weighted by atomic mass is 10.1. The predicted octanol–water partition coefficient (Wildman–Crippen LogP) is 3.03. The van der Waals surface area contributed by atoms with Crippen molar-refractivity contribution in [3.63, 3.8) is 0 Å². The number of aryl methyl sites for hydroxylation is 1. The van der Waals surface area contributed by atoms with Crippen LogP contribution in [0.15, 0.2) is 34.1 Å². The minimum absolute atomic E-state index is 0.286. The van der Waals surface area contributed by atoms with Gasteiger partial charge >= 0.3 is 0 Å². The van der Waals surface area contributed by atoms with Crippen LogP contribution < -0.4 is 10.3 Å². The molecular formula is C20H22ClN5O3. The van der Waals surface area contributed by atoms with Gasteiger partial charge in [-0.2, -0.15) is 14.6 Å². The number of nitrogens with zero attached hydrogens (tertiary/aromatic N) is 4. The van der Waals surface area contributed by atoms with Crippen LogP contribution in [0, 0.1) is 0 Å². The summed E-state index contributed by atoms with van der Waals surface area (Å²) < 4.78 is 6.45. The summed E-state index contributed by atoms with van der Waals surface area (Å²) in [5.74, 6) is 0.581. The highest BCUT2D eigenvalue weighted by atomic mass is 35.5. The Morgan fingerprint density at radius 1 is 1.34 bits per heavy atom. The summed E-state index contributed by atoms with van der Waals surface area (Å²) in [5, 5.41) is 4.77. The Kier molecular flexibility index (Phi) is 5.74. The Morgan fingerprint density at radius 2 is 2.07 bits per heavy atom. The van der Waals surface area contributed by atoms with Gasteiger partial charge in [0.05, 0.1) is 23.5 Å². The van der Waals surface area contributed by atoms with Crippen LogP contribution in [0.1, 0.15) is 29.9 Å². The maximum atomic E-state index is 12.9. The zero-order valence-corrected chi connectivity index (χ0v) is 17.7. The number of aliphatic imine (C=N–C) groups is 1. The Morgan fingerprint density at radius 3 is 2.69 bits per heavy atom. The number of amides is 1. The third-order valence-corrected chi connectivity index (χ3v) is 4.92. The summed E-state index contributed by atoms with van der Waals surface area (Å²) >= 11 is 6.10. The first-order valence-corrected chi connectivity index (χ1v) is 9.40. The van der Waals surface area contributed by atoms with Crippen molar-refractivity contribution in [2.75, 3.05) is 21.2 Å². The van der Waals surface area contributed by atoms with Gasteiger partial charge < -0.3 is 14.6 Å². The molecule has 1 N–H and O–H groups in total. The third kappa shape index (κ3) is 3.88. The van der Waals surface area contributed by atoms with Gasteiger partial charge in [-0.3, -0.25) is 9.59 Å². The van der Waals surface area contributed by atoms with Gasteiger partial charge in [0.2, 0.25) is 0 Å². The van der Waals surface area contributed by atoms with Crippen molar-refractivity contribution in [3.8, 4) is 17.0 Å². The Labute approximate surface area is 172 Å². The van der Waals surface area contributed by atoms with Crippen molar-refractivity contribution < 1.29 is 9.53 Å². The zero-order chi connectivity index (χ0) is 21.3. The first kappa shape index (κ1) is 20.6. The lowest BCUT2D eigenvalue weighted by molar-refractivity contribution is 0.100. The normalized spacial score (nSPS) is 11.7. The largest absolute Gasteiger partial charge is 0.495 e. The molecule has 1 aromatic carbocycles. The Balaban J connectivity index is 2.24. The number of hydrogen-bond acceptors (Lipinski definition) is 4. The van der Waals surface area contributed by atoms with Gasteiger partial charge in [-0.25, -0.2) is 0 Å². The minimum atomic E-state index is -0.454. The fourth-order valence-corrected chi connectivity index (χ4v) is 3.04. The van der Waals surface area contributed by atoms with Crippen LogP contribution in [0.3, 0.4) is 0 Å². The number of nitrogens with one attached hydrogen (secondary N) is 1. The van der Waals surface area contributed by atoms with Crippen LogP contribution in [0.2, 0.25) is 5.02 Å². The highest BCUT2D eigenvalue weighted by Gasteiger charge is 2.21. The molecule has 0 atom stereocenters. The van der Waals surface area contributed by atoms with E-state index in [1.54, 1.807) is 44.1 Å². The second-order valence-corrected chi connectivity index (χ2v) is 7.07. The smallest absolute Gasteiger partial charge is 0.284 e. The van der Waals surface area contributed by atoms with E-state index in [9.17, 15) is 9.59 Å². The molecule has 0 bridgehead atoms. The van der Waals surface area contributed by atoms with E-state index < -0.39 is 5.91 Å². The van der Waals surface area contributed by atoms with Crippen LogP contribution in [-0.4, -0.2) is 52.4 Å². The van der Waals surface area contributed by atoms with Crippen LogP contribution >= 0.6 is 11.6 Å². The molecule has 3 aromatic rings. The van der Waals surface area contributed by atoms with E-state index in [1.807, 2.05) is 6.92 Å². The number of fused-ring (bicyclic) bond motifs is 1. The quantitative estimate of drug-likeness (QED) is 0.522. The molecule has 8 nitrogen and oxygen atoms in total. The molecule has 0 saturated carbocycles. The summed E-state index contributed by atoms with van der Waals surface area (Å²) in [6.07, 6.45) is 0.483. The topological polar surface area (TPSA) is 92.1 Å². The number of hydrogen-bond donors (Lipinski definition) is 1. The van der Waals surface area contributed by atoms with Crippen molar-refractivity contribution in [2.24, 2.45) is 4.99 Å². The molecule has 0 unspecified atom stereocenters. The van der Waals surface area contributed by atoms with Crippen molar-refractivity contribution in [2.45, 2.75) is 20.3 Å². The molecule has 2 heterocycles. The van der Waals surface area contributed by atoms with Crippen LogP contribution in [-0.2, 0) is 6.42 Å². The molecular weight excluding hydrogens is 394 g/mol. The van der Waals surface area contributed by atoms with E-state index >= 15 is 0 Å². The van der Waals surface area contributed by atoms with E-state index in [-0.39, 0.29) is 11.1 Å². The number of H-pyrrole nitrogens is 1. The second kappa shape index (κ2) is 8.08.